The first-order valence-electron chi connectivity index (χ1n) is 6.98. The van der Waals surface area contributed by atoms with E-state index in [1.54, 1.807) is 4.68 Å². The molecular formula is C15H18N4O2. The number of aliphatic hydroxyl groups excluding tert-OH is 1. The van der Waals surface area contributed by atoms with E-state index < -0.39 is 0 Å². The largest absolute Gasteiger partial charge is 0.459 e. The lowest BCUT2D eigenvalue weighted by atomic mass is 10.2. The van der Waals surface area contributed by atoms with Gasteiger partial charge in [-0.05, 0) is 19.1 Å². The summed E-state index contributed by atoms with van der Waals surface area (Å²) in [5, 5.41) is 21.3. The van der Waals surface area contributed by atoms with Crippen molar-refractivity contribution in [1.29, 1.82) is 0 Å². The Labute approximate surface area is 122 Å². The van der Waals surface area contributed by atoms with Crippen molar-refractivity contribution in [2.75, 3.05) is 6.61 Å². The molecule has 110 valence electrons. The van der Waals surface area contributed by atoms with Gasteiger partial charge in [0.2, 0.25) is 0 Å². The van der Waals surface area contributed by atoms with Crippen LogP contribution in [0.2, 0.25) is 0 Å². The lowest BCUT2D eigenvalue weighted by Gasteiger charge is -2.09. The normalized spacial score (nSPS) is 12.9. The molecule has 6 nitrogen and oxygen atoms in total. The first kappa shape index (κ1) is 13.8. The number of nitrogens with zero attached hydrogens (tertiary/aromatic N) is 3. The summed E-state index contributed by atoms with van der Waals surface area (Å²) >= 11 is 0. The number of aromatic nitrogens is 3. The van der Waals surface area contributed by atoms with Gasteiger partial charge in [0.1, 0.15) is 11.3 Å². The van der Waals surface area contributed by atoms with Crippen LogP contribution >= 0.6 is 0 Å². The van der Waals surface area contributed by atoms with Crippen molar-refractivity contribution in [2.24, 2.45) is 0 Å². The summed E-state index contributed by atoms with van der Waals surface area (Å²) in [6, 6.07) is 10.1. The number of furan rings is 1. The van der Waals surface area contributed by atoms with E-state index in [1.165, 1.54) is 0 Å². The van der Waals surface area contributed by atoms with Crippen molar-refractivity contribution in [3.63, 3.8) is 0 Å². The van der Waals surface area contributed by atoms with E-state index >= 15 is 0 Å². The second-order valence-electron chi connectivity index (χ2n) is 4.99. The maximum atomic E-state index is 8.85. The Bertz CT molecular complexity index is 686. The first-order chi connectivity index (χ1) is 10.3. The van der Waals surface area contributed by atoms with Crippen molar-refractivity contribution >= 4 is 11.0 Å². The number of fused-ring (bicyclic) bond motifs is 1. The van der Waals surface area contributed by atoms with Crippen LogP contribution in [0.5, 0.6) is 0 Å². The third-order valence-electron chi connectivity index (χ3n) is 3.38. The van der Waals surface area contributed by atoms with E-state index in [1.807, 2.05) is 30.5 Å². The van der Waals surface area contributed by atoms with Crippen molar-refractivity contribution in [3.05, 3.63) is 48.0 Å². The fraction of sp³-hybridized carbons (Fsp3) is 0.333. The van der Waals surface area contributed by atoms with Crippen LogP contribution in [0.25, 0.3) is 11.0 Å². The molecule has 6 heteroatoms. The molecular weight excluding hydrogens is 268 g/mol. The minimum atomic E-state index is 0.0611. The zero-order chi connectivity index (χ0) is 14.7. The highest BCUT2D eigenvalue weighted by Crippen LogP contribution is 2.23. The summed E-state index contributed by atoms with van der Waals surface area (Å²) in [5.74, 6) is 0.902. The van der Waals surface area contributed by atoms with E-state index in [0.29, 0.717) is 13.1 Å². The fourth-order valence-corrected chi connectivity index (χ4v) is 2.21. The molecule has 2 aromatic heterocycles. The number of para-hydroxylation sites is 1. The predicted octanol–water partition coefficient (Wildman–Crippen LogP) is 1.87. The van der Waals surface area contributed by atoms with E-state index in [4.69, 9.17) is 9.52 Å². The zero-order valence-corrected chi connectivity index (χ0v) is 11.9. The molecule has 0 saturated carbocycles. The van der Waals surface area contributed by atoms with E-state index in [2.05, 4.69) is 28.6 Å². The third-order valence-corrected chi connectivity index (χ3v) is 3.38. The van der Waals surface area contributed by atoms with Gasteiger partial charge in [-0.1, -0.05) is 23.4 Å². The predicted molar refractivity (Wildman–Crippen MR) is 78.6 cm³/mol. The van der Waals surface area contributed by atoms with Crippen LogP contribution in [-0.2, 0) is 13.1 Å². The summed E-state index contributed by atoms with van der Waals surface area (Å²) in [4.78, 5) is 0. The summed E-state index contributed by atoms with van der Waals surface area (Å²) in [7, 11) is 0. The molecule has 0 spiro atoms. The van der Waals surface area contributed by atoms with E-state index in [9.17, 15) is 0 Å². The van der Waals surface area contributed by atoms with Crippen LogP contribution in [0.3, 0.4) is 0 Å². The lowest BCUT2D eigenvalue weighted by molar-refractivity contribution is 0.268. The van der Waals surface area contributed by atoms with Gasteiger partial charge in [-0.25, -0.2) is 4.68 Å². The number of nitrogens with one attached hydrogen (secondary N) is 1. The highest BCUT2D eigenvalue weighted by Gasteiger charge is 2.11. The summed E-state index contributed by atoms with van der Waals surface area (Å²) in [6.45, 7) is 3.18. The van der Waals surface area contributed by atoms with Gasteiger partial charge in [-0.15, -0.1) is 5.10 Å². The summed E-state index contributed by atoms with van der Waals surface area (Å²) < 4.78 is 7.45. The van der Waals surface area contributed by atoms with Crippen molar-refractivity contribution < 1.29 is 9.52 Å². The highest BCUT2D eigenvalue weighted by atomic mass is 16.3. The number of benzene rings is 1. The van der Waals surface area contributed by atoms with Gasteiger partial charge in [-0.2, -0.15) is 0 Å². The van der Waals surface area contributed by atoms with Gasteiger partial charge < -0.3 is 14.8 Å². The molecule has 3 rings (SSSR count). The molecule has 0 fully saturated rings. The minimum absolute atomic E-state index is 0.0611. The maximum Gasteiger partial charge on any atom is 0.134 e. The fourth-order valence-electron chi connectivity index (χ4n) is 2.21. The zero-order valence-electron chi connectivity index (χ0n) is 11.9. The molecule has 3 aromatic rings. The topological polar surface area (TPSA) is 76.1 Å². The smallest absolute Gasteiger partial charge is 0.134 e. The van der Waals surface area contributed by atoms with Crippen LogP contribution < -0.4 is 5.32 Å². The van der Waals surface area contributed by atoms with Crippen molar-refractivity contribution in [1.82, 2.24) is 20.3 Å². The SMILES string of the molecule is CC(NCc1cn(CCO)nn1)c1cc2ccccc2o1. The monoisotopic (exact) mass is 286 g/mol. The van der Waals surface area contributed by atoms with E-state index in [-0.39, 0.29) is 12.6 Å². The number of hydrogen-bond donors (Lipinski definition) is 2. The van der Waals surface area contributed by atoms with Crippen molar-refractivity contribution in [2.45, 2.75) is 26.1 Å². The Balaban J connectivity index is 1.63. The summed E-state index contributed by atoms with van der Waals surface area (Å²) in [5.41, 5.74) is 1.74. The van der Waals surface area contributed by atoms with Gasteiger partial charge in [0.05, 0.1) is 24.9 Å². The number of aliphatic hydroxyl groups is 1. The highest BCUT2D eigenvalue weighted by molar-refractivity contribution is 5.77. The third kappa shape index (κ3) is 3.12. The molecule has 1 unspecified atom stereocenters. The Morgan fingerprint density at radius 2 is 2.24 bits per heavy atom. The molecule has 0 bridgehead atoms. The Morgan fingerprint density at radius 1 is 1.38 bits per heavy atom. The van der Waals surface area contributed by atoms with Crippen LogP contribution in [0.1, 0.15) is 24.4 Å². The molecule has 1 aromatic carbocycles. The quantitative estimate of drug-likeness (QED) is 0.723. The van der Waals surface area contributed by atoms with E-state index in [0.717, 1.165) is 22.4 Å². The second kappa shape index (κ2) is 6.07. The molecule has 0 saturated heterocycles. The maximum absolute atomic E-state index is 8.85. The number of rotatable bonds is 6. The van der Waals surface area contributed by atoms with Crippen LogP contribution in [0.4, 0.5) is 0 Å². The standard InChI is InChI=1S/C15H18N4O2/c1-11(15-8-12-4-2-3-5-14(12)21-15)16-9-13-10-19(6-7-20)18-17-13/h2-5,8,10-11,16,20H,6-7,9H2,1H3. The molecule has 2 heterocycles. The first-order valence-corrected chi connectivity index (χ1v) is 6.98. The Kier molecular flexibility index (Phi) is 3.98. The Hall–Kier alpha value is -2.18. The molecule has 1 atom stereocenters. The average Bonchev–Trinajstić information content (AvgIpc) is 3.11. The molecule has 0 radical (unpaired) electrons. The minimum Gasteiger partial charge on any atom is -0.459 e. The van der Waals surface area contributed by atoms with Gasteiger partial charge in [-0.3, -0.25) is 0 Å². The number of hydrogen-bond acceptors (Lipinski definition) is 5. The molecule has 21 heavy (non-hydrogen) atoms. The molecule has 0 aliphatic carbocycles. The molecule has 0 amide bonds. The molecule has 2 N–H and O–H groups in total. The van der Waals surface area contributed by atoms with Crippen LogP contribution in [0, 0.1) is 0 Å². The lowest BCUT2D eigenvalue weighted by Crippen LogP contribution is -2.17. The summed E-state index contributed by atoms with van der Waals surface area (Å²) in [6.07, 6.45) is 1.83. The van der Waals surface area contributed by atoms with Gasteiger partial charge in [0.25, 0.3) is 0 Å². The van der Waals surface area contributed by atoms with Crippen LogP contribution in [-0.4, -0.2) is 26.7 Å². The van der Waals surface area contributed by atoms with Gasteiger partial charge >= 0.3 is 0 Å². The Morgan fingerprint density at radius 3 is 3.05 bits per heavy atom. The van der Waals surface area contributed by atoms with Crippen LogP contribution in [0.15, 0.2) is 40.9 Å². The average molecular weight is 286 g/mol. The second-order valence-corrected chi connectivity index (χ2v) is 4.99. The van der Waals surface area contributed by atoms with Gasteiger partial charge in [0.15, 0.2) is 0 Å². The molecule has 0 aliphatic heterocycles. The molecule has 0 aliphatic rings. The van der Waals surface area contributed by atoms with Crippen molar-refractivity contribution in [3.8, 4) is 0 Å². The van der Waals surface area contributed by atoms with Gasteiger partial charge in [0, 0.05) is 18.1 Å².